The van der Waals surface area contributed by atoms with Gasteiger partial charge in [-0.2, -0.15) is 0 Å². The lowest BCUT2D eigenvalue weighted by Gasteiger charge is -2.06. The molecule has 18 heavy (non-hydrogen) atoms. The van der Waals surface area contributed by atoms with Gasteiger partial charge in [0, 0.05) is 12.4 Å². The second-order valence-corrected chi connectivity index (χ2v) is 4.21. The Kier molecular flexibility index (Phi) is 3.89. The molecule has 2 rings (SSSR count). The van der Waals surface area contributed by atoms with Gasteiger partial charge in [-0.1, -0.05) is 17.7 Å². The van der Waals surface area contributed by atoms with E-state index in [1.54, 1.807) is 18.3 Å². The van der Waals surface area contributed by atoms with Crippen molar-refractivity contribution < 1.29 is 4.79 Å². The van der Waals surface area contributed by atoms with E-state index in [0.717, 1.165) is 11.3 Å². The molecule has 4 nitrogen and oxygen atoms in total. The minimum absolute atomic E-state index is 0.191. The lowest BCUT2D eigenvalue weighted by molar-refractivity contribution is 0.0950. The first-order valence-corrected chi connectivity index (χ1v) is 5.85. The van der Waals surface area contributed by atoms with Crippen molar-refractivity contribution in [2.45, 2.75) is 13.5 Å². The quantitative estimate of drug-likeness (QED) is 0.863. The minimum Gasteiger partial charge on any atom is -0.346 e. The predicted octanol–water partition coefficient (Wildman–Crippen LogP) is 2.37. The molecule has 0 spiro atoms. The van der Waals surface area contributed by atoms with Crippen molar-refractivity contribution in [2.24, 2.45) is 0 Å². The van der Waals surface area contributed by atoms with Gasteiger partial charge >= 0.3 is 0 Å². The molecule has 0 fully saturated rings. The standard InChI is InChI=1S/C13H12ClN3O/c1-9-3-2-6-15-11(9)8-17-13(18)10-4-5-12(14)16-7-10/h2-7H,8H2,1H3,(H,17,18). The zero-order valence-corrected chi connectivity index (χ0v) is 10.6. The Hall–Kier alpha value is -1.94. The number of hydrogen-bond acceptors (Lipinski definition) is 3. The Morgan fingerprint density at radius 2 is 2.17 bits per heavy atom. The van der Waals surface area contributed by atoms with Gasteiger partial charge in [0.15, 0.2) is 0 Å². The summed E-state index contributed by atoms with van der Waals surface area (Å²) >= 11 is 5.66. The summed E-state index contributed by atoms with van der Waals surface area (Å²) in [4.78, 5) is 19.9. The second-order valence-electron chi connectivity index (χ2n) is 3.82. The summed E-state index contributed by atoms with van der Waals surface area (Å²) < 4.78 is 0. The molecule has 1 N–H and O–H groups in total. The Balaban J connectivity index is 2.01. The summed E-state index contributed by atoms with van der Waals surface area (Å²) in [6, 6.07) is 7.04. The molecule has 5 heteroatoms. The number of nitrogens with zero attached hydrogens (tertiary/aromatic N) is 2. The lowest BCUT2D eigenvalue weighted by Crippen LogP contribution is -2.23. The molecule has 0 atom stereocenters. The van der Waals surface area contributed by atoms with Gasteiger partial charge in [-0.15, -0.1) is 0 Å². The molecule has 2 heterocycles. The van der Waals surface area contributed by atoms with E-state index < -0.39 is 0 Å². The van der Waals surface area contributed by atoms with Crippen molar-refractivity contribution in [1.29, 1.82) is 0 Å². The van der Waals surface area contributed by atoms with Crippen LogP contribution < -0.4 is 5.32 Å². The van der Waals surface area contributed by atoms with Crippen molar-refractivity contribution in [1.82, 2.24) is 15.3 Å². The molecule has 0 aliphatic carbocycles. The number of carbonyl (C=O) groups excluding carboxylic acids is 1. The van der Waals surface area contributed by atoms with Crippen molar-refractivity contribution in [3.05, 3.63) is 58.6 Å². The summed E-state index contributed by atoms with van der Waals surface area (Å²) in [5, 5.41) is 3.16. The Labute approximate surface area is 110 Å². The smallest absolute Gasteiger partial charge is 0.253 e. The average molecular weight is 262 g/mol. The molecular formula is C13H12ClN3O. The van der Waals surface area contributed by atoms with E-state index in [-0.39, 0.29) is 5.91 Å². The third-order valence-electron chi connectivity index (χ3n) is 2.52. The lowest BCUT2D eigenvalue weighted by atomic mass is 10.2. The number of hydrogen-bond donors (Lipinski definition) is 1. The molecule has 92 valence electrons. The summed E-state index contributed by atoms with van der Waals surface area (Å²) in [6.45, 7) is 2.35. The van der Waals surface area contributed by atoms with Gasteiger partial charge in [0.1, 0.15) is 5.15 Å². The Morgan fingerprint density at radius 3 is 2.83 bits per heavy atom. The van der Waals surface area contributed by atoms with E-state index in [9.17, 15) is 4.79 Å². The highest BCUT2D eigenvalue weighted by atomic mass is 35.5. The van der Waals surface area contributed by atoms with Crippen molar-refractivity contribution in [3.8, 4) is 0 Å². The zero-order chi connectivity index (χ0) is 13.0. The van der Waals surface area contributed by atoms with Crippen LogP contribution in [0.4, 0.5) is 0 Å². The normalized spacial score (nSPS) is 10.1. The molecule has 0 saturated carbocycles. The van der Waals surface area contributed by atoms with Gasteiger partial charge in [0.2, 0.25) is 0 Å². The number of halogens is 1. The number of aryl methyl sites for hydroxylation is 1. The van der Waals surface area contributed by atoms with E-state index in [1.807, 2.05) is 19.1 Å². The molecule has 0 radical (unpaired) electrons. The first-order valence-electron chi connectivity index (χ1n) is 5.47. The highest BCUT2D eigenvalue weighted by Gasteiger charge is 2.06. The van der Waals surface area contributed by atoms with Crippen LogP contribution >= 0.6 is 11.6 Å². The summed E-state index contributed by atoms with van der Waals surface area (Å²) in [5.74, 6) is -0.191. The molecule has 0 bridgehead atoms. The number of nitrogens with one attached hydrogen (secondary N) is 1. The SMILES string of the molecule is Cc1cccnc1CNC(=O)c1ccc(Cl)nc1. The van der Waals surface area contributed by atoms with Crippen LogP contribution in [0, 0.1) is 6.92 Å². The monoisotopic (exact) mass is 261 g/mol. The zero-order valence-electron chi connectivity index (χ0n) is 9.85. The van der Waals surface area contributed by atoms with Crippen LogP contribution in [0.5, 0.6) is 0 Å². The van der Waals surface area contributed by atoms with Gasteiger partial charge < -0.3 is 5.32 Å². The van der Waals surface area contributed by atoms with Crippen LogP contribution in [0.1, 0.15) is 21.6 Å². The van der Waals surface area contributed by atoms with Crippen LogP contribution in [-0.2, 0) is 6.54 Å². The molecule has 0 aliphatic heterocycles. The van der Waals surface area contributed by atoms with Gasteiger partial charge in [-0.3, -0.25) is 9.78 Å². The highest BCUT2D eigenvalue weighted by molar-refractivity contribution is 6.29. The maximum absolute atomic E-state index is 11.8. The molecular weight excluding hydrogens is 250 g/mol. The second kappa shape index (κ2) is 5.60. The first kappa shape index (κ1) is 12.5. The summed E-state index contributed by atoms with van der Waals surface area (Å²) in [7, 11) is 0. The average Bonchev–Trinajstić information content (AvgIpc) is 2.38. The third-order valence-corrected chi connectivity index (χ3v) is 2.75. The van der Waals surface area contributed by atoms with E-state index >= 15 is 0 Å². The number of amides is 1. The van der Waals surface area contributed by atoms with Crippen molar-refractivity contribution >= 4 is 17.5 Å². The van der Waals surface area contributed by atoms with Crippen LogP contribution in [0.15, 0.2) is 36.7 Å². The molecule has 2 aromatic rings. The van der Waals surface area contributed by atoms with E-state index in [0.29, 0.717) is 17.3 Å². The predicted molar refractivity (Wildman–Crippen MR) is 69.4 cm³/mol. The fourth-order valence-electron chi connectivity index (χ4n) is 1.48. The molecule has 0 unspecified atom stereocenters. The first-order chi connectivity index (χ1) is 8.66. The molecule has 0 saturated heterocycles. The number of pyridine rings is 2. The summed E-state index contributed by atoms with van der Waals surface area (Å²) in [5.41, 5.74) is 2.38. The van der Waals surface area contributed by atoms with Crippen LogP contribution in [0.25, 0.3) is 0 Å². The Morgan fingerprint density at radius 1 is 1.33 bits per heavy atom. The van der Waals surface area contributed by atoms with Gasteiger partial charge in [0.25, 0.3) is 5.91 Å². The van der Waals surface area contributed by atoms with Gasteiger partial charge in [-0.25, -0.2) is 4.98 Å². The maximum atomic E-state index is 11.8. The summed E-state index contributed by atoms with van der Waals surface area (Å²) in [6.07, 6.45) is 3.15. The van der Waals surface area contributed by atoms with Crippen LogP contribution in [0.3, 0.4) is 0 Å². The van der Waals surface area contributed by atoms with E-state index in [4.69, 9.17) is 11.6 Å². The number of rotatable bonds is 3. The molecule has 0 aliphatic rings. The fraction of sp³-hybridized carbons (Fsp3) is 0.154. The van der Waals surface area contributed by atoms with Crippen LogP contribution in [0.2, 0.25) is 5.15 Å². The molecule has 0 aromatic carbocycles. The van der Waals surface area contributed by atoms with Crippen LogP contribution in [-0.4, -0.2) is 15.9 Å². The third kappa shape index (κ3) is 3.05. The largest absolute Gasteiger partial charge is 0.346 e. The van der Waals surface area contributed by atoms with E-state index in [2.05, 4.69) is 15.3 Å². The van der Waals surface area contributed by atoms with E-state index in [1.165, 1.54) is 6.20 Å². The maximum Gasteiger partial charge on any atom is 0.253 e. The van der Waals surface area contributed by atoms with Crippen molar-refractivity contribution in [3.63, 3.8) is 0 Å². The Bertz CT molecular complexity index is 554. The highest BCUT2D eigenvalue weighted by Crippen LogP contribution is 2.06. The topological polar surface area (TPSA) is 54.9 Å². The molecule has 1 amide bonds. The minimum atomic E-state index is -0.191. The molecule has 2 aromatic heterocycles. The van der Waals surface area contributed by atoms with Gasteiger partial charge in [-0.05, 0) is 30.7 Å². The number of carbonyl (C=O) groups is 1. The van der Waals surface area contributed by atoms with Gasteiger partial charge in [0.05, 0.1) is 17.8 Å². The van der Waals surface area contributed by atoms with Crippen molar-refractivity contribution in [2.75, 3.05) is 0 Å². The number of aromatic nitrogens is 2. The fourth-order valence-corrected chi connectivity index (χ4v) is 1.59.